The van der Waals surface area contributed by atoms with Gasteiger partial charge in [0.05, 0.1) is 28.3 Å². The van der Waals surface area contributed by atoms with Crippen LogP contribution >= 0.6 is 23.7 Å². The fourth-order valence-electron chi connectivity index (χ4n) is 3.93. The third-order valence-corrected chi connectivity index (χ3v) is 9.01. The molecule has 0 atom stereocenters. The van der Waals surface area contributed by atoms with Gasteiger partial charge in [0.15, 0.2) is 5.13 Å². The Kier molecular flexibility index (Phi) is 9.79. The summed E-state index contributed by atoms with van der Waals surface area (Å²) < 4.78 is 46.9. The van der Waals surface area contributed by atoms with Crippen molar-refractivity contribution in [2.24, 2.45) is 0 Å². The molecule has 4 rings (SSSR count). The molecular formula is C24H30ClFN4O4S2. The van der Waals surface area contributed by atoms with Crippen molar-refractivity contribution in [1.82, 2.24) is 14.2 Å². The third kappa shape index (κ3) is 6.21. The highest BCUT2D eigenvalue weighted by Crippen LogP contribution is 2.30. The maximum absolute atomic E-state index is 13.7. The average Bonchev–Trinajstić information content (AvgIpc) is 3.29. The van der Waals surface area contributed by atoms with E-state index in [0.717, 1.165) is 13.1 Å². The van der Waals surface area contributed by atoms with E-state index in [9.17, 15) is 17.6 Å². The molecule has 3 aromatic rings. The van der Waals surface area contributed by atoms with Gasteiger partial charge in [-0.1, -0.05) is 25.2 Å². The van der Waals surface area contributed by atoms with Crippen LogP contribution in [0.1, 0.15) is 24.2 Å². The number of halogens is 2. The minimum atomic E-state index is -3.65. The van der Waals surface area contributed by atoms with Crippen molar-refractivity contribution in [3.8, 4) is 0 Å². The predicted molar refractivity (Wildman–Crippen MR) is 142 cm³/mol. The summed E-state index contributed by atoms with van der Waals surface area (Å²) in [5, 5.41) is 0.479. The Morgan fingerprint density at radius 3 is 2.39 bits per heavy atom. The van der Waals surface area contributed by atoms with E-state index in [1.807, 2.05) is 0 Å². The fraction of sp³-hybridized carbons (Fsp3) is 0.417. The Bertz CT molecular complexity index is 1280. The molecule has 36 heavy (non-hydrogen) atoms. The number of sulfonamides is 1. The Morgan fingerprint density at radius 2 is 1.75 bits per heavy atom. The van der Waals surface area contributed by atoms with Crippen molar-refractivity contribution in [2.45, 2.75) is 18.7 Å². The largest absolute Gasteiger partial charge is 0.379 e. The van der Waals surface area contributed by atoms with Crippen molar-refractivity contribution < 1.29 is 22.3 Å². The van der Waals surface area contributed by atoms with Crippen molar-refractivity contribution >= 4 is 55.0 Å². The number of ether oxygens (including phenoxy) is 1. The number of aromatic nitrogens is 1. The number of carbonyl (C=O) groups excluding carboxylic acids is 1. The fourth-order valence-corrected chi connectivity index (χ4v) is 6.35. The summed E-state index contributed by atoms with van der Waals surface area (Å²) in [5.41, 5.74) is 0.981. The molecule has 0 spiro atoms. The molecule has 0 radical (unpaired) electrons. The van der Waals surface area contributed by atoms with Crippen LogP contribution in [0.15, 0.2) is 47.4 Å². The minimum absolute atomic E-state index is 0. The van der Waals surface area contributed by atoms with Crippen LogP contribution in [0.5, 0.6) is 0 Å². The van der Waals surface area contributed by atoms with Gasteiger partial charge in [0, 0.05) is 31.7 Å². The van der Waals surface area contributed by atoms with E-state index >= 15 is 0 Å². The number of nitrogens with zero attached hydrogens (tertiary/aromatic N) is 4. The first-order valence-corrected chi connectivity index (χ1v) is 13.9. The molecule has 1 aliphatic heterocycles. The Hall–Kier alpha value is -2.15. The number of hydrogen-bond acceptors (Lipinski definition) is 7. The normalized spacial score (nSPS) is 14.7. The van der Waals surface area contributed by atoms with E-state index in [4.69, 9.17) is 4.74 Å². The standard InChI is InChI=1S/C24H29FN4O4S2.ClH/c1-3-27(4-2)11-12-29(24-26-21-10-7-19(25)17-22(21)34-24)23(30)18-5-8-20(9-6-18)35(31,32)28-13-15-33-16-14-28;/h5-10,17H,3-4,11-16H2,1-2H3;1H. The Labute approximate surface area is 221 Å². The van der Waals surface area contributed by atoms with Crippen LogP contribution in [0, 0.1) is 5.82 Å². The summed E-state index contributed by atoms with van der Waals surface area (Å²) in [6.45, 7) is 8.19. The van der Waals surface area contributed by atoms with Gasteiger partial charge in [-0.05, 0) is 55.6 Å². The molecule has 2 heterocycles. The second-order valence-corrected chi connectivity index (χ2v) is 11.1. The van der Waals surface area contributed by atoms with Gasteiger partial charge in [0.25, 0.3) is 5.91 Å². The van der Waals surface area contributed by atoms with Gasteiger partial charge in [-0.25, -0.2) is 17.8 Å². The van der Waals surface area contributed by atoms with Gasteiger partial charge in [0.1, 0.15) is 5.82 Å². The zero-order chi connectivity index (χ0) is 25.0. The van der Waals surface area contributed by atoms with Crippen molar-refractivity contribution in [3.63, 3.8) is 0 Å². The molecule has 1 amide bonds. The molecule has 1 fully saturated rings. The van der Waals surface area contributed by atoms with Crippen LogP contribution in [0.4, 0.5) is 9.52 Å². The topological polar surface area (TPSA) is 83.1 Å². The summed E-state index contributed by atoms with van der Waals surface area (Å²) in [5.74, 6) is -0.641. The number of thiazole rings is 1. The molecule has 1 aromatic heterocycles. The number of morpholine rings is 1. The van der Waals surface area contributed by atoms with E-state index in [2.05, 4.69) is 23.7 Å². The monoisotopic (exact) mass is 556 g/mol. The third-order valence-electron chi connectivity index (χ3n) is 6.06. The van der Waals surface area contributed by atoms with Gasteiger partial charge in [-0.3, -0.25) is 9.69 Å². The summed E-state index contributed by atoms with van der Waals surface area (Å²) >= 11 is 1.26. The second-order valence-electron chi connectivity index (χ2n) is 8.13. The summed E-state index contributed by atoms with van der Waals surface area (Å²) in [6.07, 6.45) is 0. The van der Waals surface area contributed by atoms with Crippen LogP contribution in [-0.2, 0) is 14.8 Å². The molecule has 8 nitrogen and oxygen atoms in total. The highest BCUT2D eigenvalue weighted by atomic mass is 35.5. The zero-order valence-corrected chi connectivity index (χ0v) is 22.7. The molecule has 196 valence electrons. The number of fused-ring (bicyclic) bond motifs is 1. The van der Waals surface area contributed by atoms with Gasteiger partial charge < -0.3 is 9.64 Å². The lowest BCUT2D eigenvalue weighted by Crippen LogP contribution is -2.40. The molecule has 0 bridgehead atoms. The molecule has 0 N–H and O–H groups in total. The number of likely N-dealkylation sites (N-methyl/N-ethyl adjacent to an activating group) is 1. The molecule has 1 saturated heterocycles. The average molecular weight is 557 g/mol. The van der Waals surface area contributed by atoms with E-state index < -0.39 is 10.0 Å². The number of amides is 1. The first-order valence-electron chi connectivity index (χ1n) is 11.6. The van der Waals surface area contributed by atoms with E-state index in [1.165, 1.54) is 52.0 Å². The molecule has 2 aromatic carbocycles. The van der Waals surface area contributed by atoms with E-state index in [1.54, 1.807) is 11.0 Å². The van der Waals surface area contributed by atoms with Crippen LogP contribution in [0.25, 0.3) is 10.2 Å². The number of hydrogen-bond donors (Lipinski definition) is 0. The van der Waals surface area contributed by atoms with Gasteiger partial charge in [-0.15, -0.1) is 12.4 Å². The number of benzene rings is 2. The smallest absolute Gasteiger partial charge is 0.260 e. The van der Waals surface area contributed by atoms with E-state index in [-0.39, 0.29) is 29.0 Å². The van der Waals surface area contributed by atoms with Gasteiger partial charge >= 0.3 is 0 Å². The first kappa shape index (κ1) is 28.4. The lowest BCUT2D eigenvalue weighted by atomic mass is 10.2. The van der Waals surface area contributed by atoms with Crippen molar-refractivity contribution in [2.75, 3.05) is 57.4 Å². The molecule has 1 aliphatic rings. The second kappa shape index (κ2) is 12.4. The molecule has 12 heteroatoms. The highest BCUT2D eigenvalue weighted by molar-refractivity contribution is 7.89. The Balaban J connectivity index is 0.00000361. The first-order chi connectivity index (χ1) is 16.8. The number of carbonyl (C=O) groups is 1. The van der Waals surface area contributed by atoms with Gasteiger partial charge in [0.2, 0.25) is 10.0 Å². The zero-order valence-electron chi connectivity index (χ0n) is 20.2. The number of rotatable bonds is 9. The SMILES string of the molecule is CCN(CC)CCN(C(=O)c1ccc(S(=O)(=O)N2CCOCC2)cc1)c1nc2ccc(F)cc2s1.Cl. The van der Waals surface area contributed by atoms with Gasteiger partial charge in [-0.2, -0.15) is 4.31 Å². The van der Waals surface area contributed by atoms with Crippen molar-refractivity contribution in [3.05, 3.63) is 53.8 Å². The molecule has 0 unspecified atom stereocenters. The Morgan fingerprint density at radius 1 is 1.08 bits per heavy atom. The lowest BCUT2D eigenvalue weighted by molar-refractivity contribution is 0.0730. The summed E-state index contributed by atoms with van der Waals surface area (Å²) in [4.78, 5) is 22.1. The molecule has 0 aliphatic carbocycles. The van der Waals surface area contributed by atoms with Crippen molar-refractivity contribution in [1.29, 1.82) is 0 Å². The molecule has 0 saturated carbocycles. The van der Waals surface area contributed by atoms with Crippen LogP contribution in [0.3, 0.4) is 0 Å². The lowest BCUT2D eigenvalue weighted by Gasteiger charge is -2.26. The predicted octanol–water partition coefficient (Wildman–Crippen LogP) is 3.87. The maximum Gasteiger partial charge on any atom is 0.260 e. The maximum atomic E-state index is 13.7. The summed E-state index contributed by atoms with van der Waals surface area (Å²) in [7, 11) is -3.65. The minimum Gasteiger partial charge on any atom is -0.379 e. The van der Waals surface area contributed by atoms with Crippen LogP contribution in [-0.4, -0.2) is 81.0 Å². The van der Waals surface area contributed by atoms with E-state index in [0.29, 0.717) is 60.3 Å². The highest BCUT2D eigenvalue weighted by Gasteiger charge is 2.27. The summed E-state index contributed by atoms with van der Waals surface area (Å²) in [6, 6.07) is 10.4. The van der Waals surface area contributed by atoms with Crippen LogP contribution in [0.2, 0.25) is 0 Å². The number of anilines is 1. The quantitative estimate of drug-likeness (QED) is 0.398. The molecular weight excluding hydrogens is 527 g/mol. The van der Waals surface area contributed by atoms with Crippen LogP contribution < -0.4 is 4.90 Å².